The van der Waals surface area contributed by atoms with Crippen molar-refractivity contribution in [1.29, 1.82) is 0 Å². The number of ether oxygens (including phenoxy) is 1. The molecule has 0 heterocycles. The number of hydrogen-bond acceptors (Lipinski definition) is 2. The van der Waals surface area contributed by atoms with Crippen LogP contribution >= 0.6 is 0 Å². The van der Waals surface area contributed by atoms with Crippen molar-refractivity contribution in [1.82, 2.24) is 0 Å². The van der Waals surface area contributed by atoms with Crippen molar-refractivity contribution in [2.24, 2.45) is 11.3 Å². The van der Waals surface area contributed by atoms with E-state index in [2.05, 4.69) is 20.8 Å². The third kappa shape index (κ3) is 3.08. The zero-order valence-electron chi connectivity index (χ0n) is 12.4. The van der Waals surface area contributed by atoms with Gasteiger partial charge in [-0.15, -0.1) is 0 Å². The van der Waals surface area contributed by atoms with Crippen LogP contribution in [0.4, 0.5) is 0 Å². The maximum Gasteiger partial charge on any atom is 0.0940 e. The van der Waals surface area contributed by atoms with Crippen molar-refractivity contribution in [3.63, 3.8) is 0 Å². The largest absolute Gasteiger partial charge is 0.390 e. The molecule has 1 atom stereocenters. The Bertz CT molecular complexity index is 258. The first-order chi connectivity index (χ1) is 8.47. The van der Waals surface area contributed by atoms with Crippen molar-refractivity contribution in [2.45, 2.75) is 83.8 Å². The van der Waals surface area contributed by atoms with Crippen LogP contribution in [0, 0.1) is 11.3 Å². The first-order valence-corrected chi connectivity index (χ1v) is 7.79. The molecule has 0 bridgehead atoms. The van der Waals surface area contributed by atoms with Gasteiger partial charge >= 0.3 is 0 Å². The van der Waals surface area contributed by atoms with Gasteiger partial charge in [0.25, 0.3) is 0 Å². The summed E-state index contributed by atoms with van der Waals surface area (Å²) in [5, 5.41) is 10.6. The molecule has 2 aliphatic rings. The van der Waals surface area contributed by atoms with Crippen molar-refractivity contribution in [3.8, 4) is 0 Å². The summed E-state index contributed by atoms with van der Waals surface area (Å²) in [7, 11) is 0. The summed E-state index contributed by atoms with van der Waals surface area (Å²) < 4.78 is 6.05. The summed E-state index contributed by atoms with van der Waals surface area (Å²) in [5.74, 6) is 0.757. The minimum Gasteiger partial charge on any atom is -0.390 e. The Morgan fingerprint density at radius 1 is 1.17 bits per heavy atom. The van der Waals surface area contributed by atoms with E-state index in [0.29, 0.717) is 5.41 Å². The Labute approximate surface area is 112 Å². The predicted molar refractivity (Wildman–Crippen MR) is 74.6 cm³/mol. The van der Waals surface area contributed by atoms with Crippen LogP contribution in [0.25, 0.3) is 0 Å². The molecule has 2 nitrogen and oxygen atoms in total. The van der Waals surface area contributed by atoms with Gasteiger partial charge in [-0.3, -0.25) is 0 Å². The molecule has 2 fully saturated rings. The highest BCUT2D eigenvalue weighted by Crippen LogP contribution is 2.45. The molecule has 0 aromatic heterocycles. The quantitative estimate of drug-likeness (QED) is 0.806. The standard InChI is InChI=1S/C16H30O2/c1-4-18-16(10-8-15(2,3)9-11-16)14(17)12-13-6-5-7-13/h13-14,17H,4-12H2,1-3H3. The van der Waals surface area contributed by atoms with Gasteiger partial charge in [-0.1, -0.05) is 33.1 Å². The molecule has 0 aromatic carbocycles. The van der Waals surface area contributed by atoms with Crippen LogP contribution in [0.1, 0.15) is 72.1 Å². The molecule has 1 unspecified atom stereocenters. The lowest BCUT2D eigenvalue weighted by molar-refractivity contribution is -0.158. The maximum atomic E-state index is 10.6. The molecule has 0 aromatic rings. The molecule has 18 heavy (non-hydrogen) atoms. The van der Waals surface area contributed by atoms with Crippen molar-refractivity contribution in [2.75, 3.05) is 6.61 Å². The van der Waals surface area contributed by atoms with E-state index in [1.807, 2.05) is 0 Å². The summed E-state index contributed by atoms with van der Waals surface area (Å²) >= 11 is 0. The second-order valence-electron chi connectivity index (χ2n) is 7.21. The molecule has 0 radical (unpaired) electrons. The molecule has 106 valence electrons. The highest BCUT2D eigenvalue weighted by molar-refractivity contribution is 4.96. The molecule has 0 aliphatic heterocycles. The highest BCUT2D eigenvalue weighted by atomic mass is 16.5. The van der Waals surface area contributed by atoms with E-state index in [1.165, 1.54) is 32.1 Å². The SMILES string of the molecule is CCOC1(C(O)CC2CCC2)CCC(C)(C)CC1. The summed E-state index contributed by atoms with van der Waals surface area (Å²) in [6, 6.07) is 0. The molecule has 0 spiro atoms. The van der Waals surface area contributed by atoms with Gasteiger partial charge in [-0.2, -0.15) is 0 Å². The third-order valence-electron chi connectivity index (χ3n) is 5.27. The smallest absolute Gasteiger partial charge is 0.0940 e. The molecular formula is C16H30O2. The van der Waals surface area contributed by atoms with Gasteiger partial charge in [-0.25, -0.2) is 0 Å². The van der Waals surface area contributed by atoms with Crippen LogP contribution in [0.3, 0.4) is 0 Å². The van der Waals surface area contributed by atoms with E-state index in [4.69, 9.17) is 4.74 Å². The Balaban J connectivity index is 1.97. The van der Waals surface area contributed by atoms with Gasteiger partial charge in [0.05, 0.1) is 11.7 Å². The number of hydrogen-bond donors (Lipinski definition) is 1. The highest BCUT2D eigenvalue weighted by Gasteiger charge is 2.45. The van der Waals surface area contributed by atoms with Gasteiger partial charge in [0.2, 0.25) is 0 Å². The van der Waals surface area contributed by atoms with Gasteiger partial charge in [0, 0.05) is 6.61 Å². The zero-order chi connectivity index (χ0) is 13.2. The number of rotatable bonds is 5. The van der Waals surface area contributed by atoms with Crippen molar-refractivity contribution < 1.29 is 9.84 Å². The minimum atomic E-state index is -0.251. The summed E-state index contributed by atoms with van der Waals surface area (Å²) in [6.07, 6.45) is 9.09. The van der Waals surface area contributed by atoms with Gasteiger partial charge in [-0.05, 0) is 50.4 Å². The van der Waals surface area contributed by atoms with Crippen LogP contribution in [-0.2, 0) is 4.74 Å². The third-order valence-corrected chi connectivity index (χ3v) is 5.27. The van der Waals surface area contributed by atoms with Crippen LogP contribution in [0.2, 0.25) is 0 Å². The molecule has 0 amide bonds. The Morgan fingerprint density at radius 2 is 1.78 bits per heavy atom. The van der Waals surface area contributed by atoms with E-state index in [1.54, 1.807) is 0 Å². The maximum absolute atomic E-state index is 10.6. The van der Waals surface area contributed by atoms with E-state index >= 15 is 0 Å². The Kier molecular flexibility index (Phi) is 4.38. The minimum absolute atomic E-state index is 0.236. The molecule has 2 aliphatic carbocycles. The monoisotopic (exact) mass is 254 g/mol. The van der Waals surface area contributed by atoms with Crippen LogP contribution < -0.4 is 0 Å². The fraction of sp³-hybridized carbons (Fsp3) is 1.00. The van der Waals surface area contributed by atoms with E-state index < -0.39 is 0 Å². The molecule has 2 heteroatoms. The van der Waals surface area contributed by atoms with E-state index in [0.717, 1.165) is 31.8 Å². The topological polar surface area (TPSA) is 29.5 Å². The molecule has 1 N–H and O–H groups in total. The lowest BCUT2D eigenvalue weighted by atomic mass is 9.67. The molecule has 2 saturated carbocycles. The zero-order valence-corrected chi connectivity index (χ0v) is 12.4. The average Bonchev–Trinajstić information content (AvgIpc) is 2.27. The lowest BCUT2D eigenvalue weighted by Gasteiger charge is -2.47. The Morgan fingerprint density at radius 3 is 2.22 bits per heavy atom. The second-order valence-corrected chi connectivity index (χ2v) is 7.21. The Hall–Kier alpha value is -0.0800. The van der Waals surface area contributed by atoms with Gasteiger partial charge in [0.15, 0.2) is 0 Å². The summed E-state index contributed by atoms with van der Waals surface area (Å²) in [4.78, 5) is 0. The number of aliphatic hydroxyl groups is 1. The second kappa shape index (κ2) is 5.50. The molecule has 2 rings (SSSR count). The van der Waals surface area contributed by atoms with Crippen molar-refractivity contribution >= 4 is 0 Å². The molecular weight excluding hydrogens is 224 g/mol. The lowest BCUT2D eigenvalue weighted by Crippen LogP contribution is -2.50. The summed E-state index contributed by atoms with van der Waals surface area (Å²) in [6.45, 7) is 7.45. The fourth-order valence-electron chi connectivity index (χ4n) is 3.47. The normalized spacial score (nSPS) is 28.7. The summed E-state index contributed by atoms with van der Waals surface area (Å²) in [5.41, 5.74) is 0.191. The molecule has 0 saturated heterocycles. The van der Waals surface area contributed by atoms with E-state index in [-0.39, 0.29) is 11.7 Å². The van der Waals surface area contributed by atoms with Gasteiger partial charge < -0.3 is 9.84 Å². The first kappa shape index (κ1) is 14.3. The van der Waals surface area contributed by atoms with Crippen molar-refractivity contribution in [3.05, 3.63) is 0 Å². The van der Waals surface area contributed by atoms with Gasteiger partial charge in [0.1, 0.15) is 0 Å². The van der Waals surface area contributed by atoms with Crippen LogP contribution in [0.15, 0.2) is 0 Å². The van der Waals surface area contributed by atoms with Crippen LogP contribution in [0.5, 0.6) is 0 Å². The first-order valence-electron chi connectivity index (χ1n) is 7.79. The fourth-order valence-corrected chi connectivity index (χ4v) is 3.47. The van der Waals surface area contributed by atoms with Crippen LogP contribution in [-0.4, -0.2) is 23.4 Å². The average molecular weight is 254 g/mol. The number of aliphatic hydroxyl groups excluding tert-OH is 1. The predicted octanol–water partition coefficient (Wildman–Crippen LogP) is 3.91. The van der Waals surface area contributed by atoms with E-state index in [9.17, 15) is 5.11 Å².